The van der Waals surface area contributed by atoms with Gasteiger partial charge in [0.25, 0.3) is 0 Å². The van der Waals surface area contributed by atoms with E-state index in [1.165, 1.54) is 36.8 Å². The zero-order valence-electron chi connectivity index (χ0n) is 12.5. The van der Waals surface area contributed by atoms with Gasteiger partial charge in [0.1, 0.15) is 6.07 Å². The van der Waals surface area contributed by atoms with Gasteiger partial charge in [0.15, 0.2) is 0 Å². The molecule has 23 heavy (non-hydrogen) atoms. The zero-order chi connectivity index (χ0) is 17.8. The lowest BCUT2D eigenvalue weighted by Crippen LogP contribution is -2.30. The lowest BCUT2D eigenvalue weighted by atomic mass is 10.1. The van der Waals surface area contributed by atoms with E-state index < -0.39 is 21.6 Å². The van der Waals surface area contributed by atoms with Crippen LogP contribution in [-0.2, 0) is 14.9 Å². The fraction of sp³-hybridized carbons (Fsp3) is 0.385. The molecule has 1 unspecified atom stereocenters. The Morgan fingerprint density at radius 1 is 1.43 bits per heavy atom. The Morgan fingerprint density at radius 3 is 2.57 bits per heavy atom. The molecule has 0 aliphatic carbocycles. The number of nitrogens with one attached hydrogen (secondary N) is 1. The van der Waals surface area contributed by atoms with Crippen molar-refractivity contribution in [3.05, 3.63) is 29.3 Å². The molecular formula is C13H14F3N3O3S. The Kier molecular flexibility index (Phi) is 5.60. The number of rotatable bonds is 5. The van der Waals surface area contributed by atoms with Gasteiger partial charge in [-0.05, 0) is 32.9 Å². The van der Waals surface area contributed by atoms with Gasteiger partial charge >= 0.3 is 15.5 Å². The highest BCUT2D eigenvalue weighted by atomic mass is 32.2. The van der Waals surface area contributed by atoms with Gasteiger partial charge in [-0.3, -0.25) is 4.72 Å². The van der Waals surface area contributed by atoms with Gasteiger partial charge in [-0.2, -0.15) is 26.9 Å². The van der Waals surface area contributed by atoms with E-state index in [1.54, 1.807) is 13.0 Å². The zero-order valence-corrected chi connectivity index (χ0v) is 13.3. The lowest BCUT2D eigenvalue weighted by Gasteiger charge is -2.14. The molecule has 0 fully saturated rings. The number of hydrogen-bond acceptors (Lipinski definition) is 5. The Hall–Kier alpha value is -2.28. The number of nitriles is 1. The highest BCUT2D eigenvalue weighted by Crippen LogP contribution is 2.27. The maximum Gasteiger partial charge on any atom is 0.516 e. The van der Waals surface area contributed by atoms with Crippen LogP contribution in [0.25, 0.3) is 0 Å². The van der Waals surface area contributed by atoms with Crippen molar-refractivity contribution in [3.8, 4) is 6.07 Å². The standard InChI is InChI=1S/C13H14F3N3O3S/c1-8-4-5-12(19-23(20,21)13(14,15)16)11(6-8)10(3)18-22-9(2)7-17/h4-6,9,19H,1-3H3/b18-10+. The van der Waals surface area contributed by atoms with Crippen LogP contribution in [0.15, 0.2) is 23.4 Å². The predicted molar refractivity (Wildman–Crippen MR) is 78.1 cm³/mol. The first-order valence-corrected chi connectivity index (χ1v) is 7.76. The van der Waals surface area contributed by atoms with E-state index in [2.05, 4.69) is 5.16 Å². The molecule has 0 aliphatic heterocycles. The van der Waals surface area contributed by atoms with Crippen molar-refractivity contribution in [3.63, 3.8) is 0 Å². The van der Waals surface area contributed by atoms with Crippen LogP contribution in [-0.4, -0.2) is 25.7 Å². The molecule has 0 bridgehead atoms. The Balaban J connectivity index is 3.24. The topological polar surface area (TPSA) is 91.5 Å². The third kappa shape index (κ3) is 4.85. The van der Waals surface area contributed by atoms with Crippen molar-refractivity contribution >= 4 is 21.4 Å². The van der Waals surface area contributed by atoms with Crippen molar-refractivity contribution < 1.29 is 26.4 Å². The molecule has 10 heteroatoms. The largest absolute Gasteiger partial charge is 0.516 e. The maximum absolute atomic E-state index is 12.5. The lowest BCUT2D eigenvalue weighted by molar-refractivity contribution is -0.0429. The van der Waals surface area contributed by atoms with Crippen LogP contribution in [0, 0.1) is 18.3 Å². The average molecular weight is 349 g/mol. The molecule has 0 aliphatic rings. The number of oxime groups is 1. The summed E-state index contributed by atoms with van der Waals surface area (Å²) >= 11 is 0. The van der Waals surface area contributed by atoms with Crippen LogP contribution in [0.3, 0.4) is 0 Å². The molecule has 6 nitrogen and oxygen atoms in total. The Morgan fingerprint density at radius 2 is 2.04 bits per heavy atom. The van der Waals surface area contributed by atoms with Crippen LogP contribution in [0.5, 0.6) is 0 Å². The van der Waals surface area contributed by atoms with Crippen LogP contribution in [0.2, 0.25) is 0 Å². The minimum absolute atomic E-state index is 0.114. The van der Waals surface area contributed by atoms with Crippen molar-refractivity contribution in [2.24, 2.45) is 5.16 Å². The van der Waals surface area contributed by atoms with Crippen LogP contribution in [0.1, 0.15) is 25.0 Å². The van der Waals surface area contributed by atoms with Gasteiger partial charge in [-0.15, -0.1) is 0 Å². The molecule has 0 heterocycles. The van der Waals surface area contributed by atoms with Crippen LogP contribution < -0.4 is 4.72 Å². The number of sulfonamides is 1. The Bertz CT molecular complexity index is 752. The summed E-state index contributed by atoms with van der Waals surface area (Å²) < 4.78 is 61.4. The summed E-state index contributed by atoms with van der Waals surface area (Å²) in [5.74, 6) is 0. The van der Waals surface area contributed by atoms with Gasteiger partial charge < -0.3 is 4.84 Å². The number of alkyl halides is 3. The number of benzene rings is 1. The normalized spacial score (nSPS) is 14.0. The molecule has 1 atom stereocenters. The van der Waals surface area contributed by atoms with E-state index in [-0.39, 0.29) is 17.0 Å². The number of nitrogens with zero attached hydrogens (tertiary/aromatic N) is 2. The molecule has 0 saturated heterocycles. The molecule has 0 spiro atoms. The van der Waals surface area contributed by atoms with E-state index >= 15 is 0 Å². The minimum atomic E-state index is -5.55. The fourth-order valence-corrected chi connectivity index (χ4v) is 2.06. The first-order valence-electron chi connectivity index (χ1n) is 6.28. The number of aryl methyl sites for hydroxylation is 1. The minimum Gasteiger partial charge on any atom is -0.377 e. The first kappa shape index (κ1) is 18.8. The Labute approximate surface area is 131 Å². The highest BCUT2D eigenvalue weighted by Gasteiger charge is 2.46. The van der Waals surface area contributed by atoms with E-state index in [9.17, 15) is 21.6 Å². The van der Waals surface area contributed by atoms with E-state index in [4.69, 9.17) is 10.1 Å². The second kappa shape index (κ2) is 6.87. The fourth-order valence-electron chi connectivity index (χ4n) is 1.48. The van der Waals surface area contributed by atoms with Crippen molar-refractivity contribution in [1.29, 1.82) is 5.26 Å². The second-order valence-electron chi connectivity index (χ2n) is 4.65. The van der Waals surface area contributed by atoms with Crippen molar-refractivity contribution in [2.75, 3.05) is 4.72 Å². The molecule has 0 aromatic heterocycles. The molecule has 0 radical (unpaired) electrons. The van der Waals surface area contributed by atoms with E-state index in [0.717, 1.165) is 0 Å². The van der Waals surface area contributed by atoms with Crippen LogP contribution >= 0.6 is 0 Å². The summed E-state index contributed by atoms with van der Waals surface area (Å²) in [5, 5.41) is 12.2. The maximum atomic E-state index is 12.5. The average Bonchev–Trinajstić information content (AvgIpc) is 2.44. The molecule has 1 aromatic rings. The van der Waals surface area contributed by atoms with Gasteiger partial charge in [0.2, 0.25) is 6.10 Å². The van der Waals surface area contributed by atoms with Crippen LogP contribution in [0.4, 0.5) is 18.9 Å². The molecular weight excluding hydrogens is 335 g/mol. The van der Waals surface area contributed by atoms with E-state index in [1.807, 2.05) is 0 Å². The van der Waals surface area contributed by atoms with Crippen molar-refractivity contribution in [1.82, 2.24) is 0 Å². The molecule has 1 aromatic carbocycles. The number of halogens is 3. The van der Waals surface area contributed by atoms with Crippen molar-refractivity contribution in [2.45, 2.75) is 32.4 Å². The third-order valence-corrected chi connectivity index (χ3v) is 3.74. The third-order valence-electron chi connectivity index (χ3n) is 2.64. The number of hydrogen-bond donors (Lipinski definition) is 1. The highest BCUT2D eigenvalue weighted by molar-refractivity contribution is 7.93. The van der Waals surface area contributed by atoms with Gasteiger partial charge in [0.05, 0.1) is 11.4 Å². The smallest absolute Gasteiger partial charge is 0.377 e. The second-order valence-corrected chi connectivity index (χ2v) is 6.33. The number of anilines is 1. The van der Waals surface area contributed by atoms with Gasteiger partial charge in [-0.25, -0.2) is 0 Å². The summed E-state index contributed by atoms with van der Waals surface area (Å²) in [7, 11) is -5.55. The monoisotopic (exact) mass is 349 g/mol. The van der Waals surface area contributed by atoms with Gasteiger partial charge in [-0.1, -0.05) is 16.8 Å². The predicted octanol–water partition coefficient (Wildman–Crippen LogP) is 2.91. The SMILES string of the molecule is C/C(=N\OC(C)C#N)c1cc(C)ccc1NS(=O)(=O)C(F)(F)F. The van der Waals surface area contributed by atoms with Gasteiger partial charge in [0, 0.05) is 5.56 Å². The molecule has 0 saturated carbocycles. The molecule has 1 rings (SSSR count). The molecule has 1 N–H and O–H groups in total. The van der Waals surface area contributed by atoms with E-state index in [0.29, 0.717) is 5.56 Å². The summed E-state index contributed by atoms with van der Waals surface area (Å²) in [5.41, 5.74) is -4.81. The first-order chi connectivity index (χ1) is 10.5. The summed E-state index contributed by atoms with van der Waals surface area (Å²) in [6, 6.07) is 5.86. The summed E-state index contributed by atoms with van der Waals surface area (Å²) in [6.45, 7) is 4.53. The quantitative estimate of drug-likeness (QED) is 0.653. The summed E-state index contributed by atoms with van der Waals surface area (Å²) in [6.07, 6.45) is -0.856. The molecule has 0 amide bonds. The molecule has 126 valence electrons. The summed E-state index contributed by atoms with van der Waals surface area (Å²) in [4.78, 5) is 4.83.